The zero-order valence-electron chi connectivity index (χ0n) is 12.5. The van der Waals surface area contributed by atoms with E-state index in [1.165, 1.54) is 6.07 Å². The minimum atomic E-state index is -0.415. The molecule has 0 radical (unpaired) electrons. The molecule has 0 aliphatic heterocycles. The molecule has 0 unspecified atom stereocenters. The highest BCUT2D eigenvalue weighted by molar-refractivity contribution is 9.10. The molecular formula is C15H22BrNO3S. The number of hydrogen-bond acceptors (Lipinski definition) is 4. The van der Waals surface area contributed by atoms with Gasteiger partial charge in [-0.3, -0.25) is 10.1 Å². The van der Waals surface area contributed by atoms with Crippen molar-refractivity contribution < 1.29 is 9.66 Å². The van der Waals surface area contributed by atoms with Gasteiger partial charge in [0.05, 0.1) is 11.5 Å². The van der Waals surface area contributed by atoms with Crippen molar-refractivity contribution in [2.24, 2.45) is 5.41 Å². The van der Waals surface area contributed by atoms with Gasteiger partial charge < -0.3 is 4.74 Å². The number of nitrogens with zero attached hydrogens (tertiary/aromatic N) is 1. The van der Waals surface area contributed by atoms with Gasteiger partial charge in [-0.2, -0.15) is 12.6 Å². The highest BCUT2D eigenvalue weighted by Gasteiger charge is 2.29. The van der Waals surface area contributed by atoms with Crippen LogP contribution in [-0.4, -0.2) is 17.3 Å². The summed E-state index contributed by atoms with van der Waals surface area (Å²) in [6.45, 7) is 4.73. The van der Waals surface area contributed by atoms with E-state index >= 15 is 0 Å². The normalized spacial score (nSPS) is 11.4. The van der Waals surface area contributed by atoms with E-state index in [0.29, 0.717) is 16.8 Å². The van der Waals surface area contributed by atoms with E-state index in [9.17, 15) is 10.1 Å². The summed E-state index contributed by atoms with van der Waals surface area (Å²) in [4.78, 5) is 10.7. The molecule has 0 aliphatic rings. The molecule has 0 aliphatic carbocycles. The molecular weight excluding hydrogens is 354 g/mol. The number of ether oxygens (including phenoxy) is 1. The molecule has 0 spiro atoms. The van der Waals surface area contributed by atoms with E-state index < -0.39 is 4.92 Å². The molecule has 0 fully saturated rings. The number of nitro benzene ring substituents is 1. The van der Waals surface area contributed by atoms with Gasteiger partial charge in [-0.05, 0) is 30.7 Å². The zero-order chi connectivity index (χ0) is 15.9. The van der Waals surface area contributed by atoms with E-state index in [4.69, 9.17) is 4.74 Å². The van der Waals surface area contributed by atoms with Crippen molar-refractivity contribution in [1.29, 1.82) is 0 Å². The summed E-state index contributed by atoms with van der Waals surface area (Å²) in [5.74, 6) is 1.04. The second kappa shape index (κ2) is 8.63. The number of nitro groups is 1. The summed E-state index contributed by atoms with van der Waals surface area (Å²) in [7, 11) is 0. The third-order valence-electron chi connectivity index (χ3n) is 3.55. The lowest BCUT2D eigenvalue weighted by molar-refractivity contribution is -0.386. The van der Waals surface area contributed by atoms with E-state index in [2.05, 4.69) is 42.4 Å². The first-order valence-corrected chi connectivity index (χ1v) is 8.58. The molecule has 0 bridgehead atoms. The Balaban J connectivity index is 2.92. The fourth-order valence-corrected chi connectivity index (χ4v) is 3.28. The van der Waals surface area contributed by atoms with Gasteiger partial charge >= 0.3 is 5.69 Å². The van der Waals surface area contributed by atoms with Gasteiger partial charge in [0, 0.05) is 16.0 Å². The van der Waals surface area contributed by atoms with Gasteiger partial charge in [-0.25, -0.2) is 0 Å². The number of rotatable bonds is 9. The minimum Gasteiger partial charge on any atom is -0.486 e. The number of halogens is 1. The van der Waals surface area contributed by atoms with Crippen molar-refractivity contribution in [3.63, 3.8) is 0 Å². The lowest BCUT2D eigenvalue weighted by Crippen LogP contribution is -2.30. The van der Waals surface area contributed by atoms with Crippen molar-refractivity contribution in [1.82, 2.24) is 0 Å². The summed E-state index contributed by atoms with van der Waals surface area (Å²) >= 11 is 7.72. The van der Waals surface area contributed by atoms with Crippen molar-refractivity contribution in [2.45, 2.75) is 39.5 Å². The molecule has 0 atom stereocenters. The fraction of sp³-hybridized carbons (Fsp3) is 0.600. The smallest absolute Gasteiger partial charge is 0.312 e. The SMILES string of the molecule is CCCC(CS)(CCC)COc1ccc(Br)cc1[N+](=O)[O-]. The van der Waals surface area contributed by atoms with Crippen LogP contribution in [0.4, 0.5) is 5.69 Å². The molecule has 1 aromatic rings. The molecule has 0 saturated carbocycles. The van der Waals surface area contributed by atoms with E-state index in [0.717, 1.165) is 31.4 Å². The zero-order valence-corrected chi connectivity index (χ0v) is 15.0. The first-order chi connectivity index (χ1) is 9.98. The summed E-state index contributed by atoms with van der Waals surface area (Å²) in [5.41, 5.74) is -0.0291. The molecule has 4 nitrogen and oxygen atoms in total. The molecule has 0 aromatic heterocycles. The minimum absolute atomic E-state index is 0.00886. The average Bonchev–Trinajstić information content (AvgIpc) is 2.46. The van der Waals surface area contributed by atoms with Gasteiger partial charge in [0.2, 0.25) is 0 Å². The topological polar surface area (TPSA) is 52.4 Å². The molecule has 0 saturated heterocycles. The Kier molecular flexibility index (Phi) is 7.52. The quantitative estimate of drug-likeness (QED) is 0.364. The van der Waals surface area contributed by atoms with Gasteiger partial charge in [0.25, 0.3) is 0 Å². The van der Waals surface area contributed by atoms with Crippen molar-refractivity contribution >= 4 is 34.2 Å². The molecule has 0 heterocycles. The van der Waals surface area contributed by atoms with Gasteiger partial charge in [0.1, 0.15) is 0 Å². The van der Waals surface area contributed by atoms with Crippen LogP contribution in [0.15, 0.2) is 22.7 Å². The van der Waals surface area contributed by atoms with Crippen LogP contribution >= 0.6 is 28.6 Å². The predicted octanol–water partition coefficient (Wildman–Crippen LogP) is 5.25. The highest BCUT2D eigenvalue weighted by atomic mass is 79.9. The third kappa shape index (κ3) is 5.18. The van der Waals surface area contributed by atoms with Crippen molar-refractivity contribution in [2.75, 3.05) is 12.4 Å². The second-order valence-corrected chi connectivity index (χ2v) is 6.55. The summed E-state index contributed by atoms with van der Waals surface area (Å²) < 4.78 is 6.47. The number of benzene rings is 1. The van der Waals surface area contributed by atoms with Gasteiger partial charge in [0.15, 0.2) is 5.75 Å². The van der Waals surface area contributed by atoms with Crippen LogP contribution in [0, 0.1) is 15.5 Å². The van der Waals surface area contributed by atoms with Crippen LogP contribution < -0.4 is 4.74 Å². The Labute approximate surface area is 140 Å². The molecule has 21 heavy (non-hydrogen) atoms. The first-order valence-electron chi connectivity index (χ1n) is 7.15. The fourth-order valence-electron chi connectivity index (χ4n) is 2.52. The Morgan fingerprint density at radius 1 is 1.33 bits per heavy atom. The second-order valence-electron chi connectivity index (χ2n) is 5.32. The van der Waals surface area contributed by atoms with Crippen LogP contribution in [0.3, 0.4) is 0 Å². The van der Waals surface area contributed by atoms with Crippen LogP contribution in [0.2, 0.25) is 0 Å². The Morgan fingerprint density at radius 2 is 1.95 bits per heavy atom. The van der Waals surface area contributed by atoms with E-state index in [1.807, 2.05) is 0 Å². The van der Waals surface area contributed by atoms with E-state index in [1.54, 1.807) is 12.1 Å². The molecule has 118 valence electrons. The average molecular weight is 376 g/mol. The van der Waals surface area contributed by atoms with Crippen LogP contribution in [-0.2, 0) is 0 Å². The maximum Gasteiger partial charge on any atom is 0.312 e. The molecule has 6 heteroatoms. The lowest BCUT2D eigenvalue weighted by Gasteiger charge is -2.31. The maximum atomic E-state index is 11.1. The highest BCUT2D eigenvalue weighted by Crippen LogP contribution is 2.35. The summed E-state index contributed by atoms with van der Waals surface area (Å²) in [5, 5.41) is 11.1. The molecule has 0 N–H and O–H groups in total. The van der Waals surface area contributed by atoms with Gasteiger partial charge in [-0.15, -0.1) is 0 Å². The Morgan fingerprint density at radius 3 is 2.43 bits per heavy atom. The first kappa shape index (κ1) is 18.3. The van der Waals surface area contributed by atoms with Crippen LogP contribution in [0.1, 0.15) is 39.5 Å². The largest absolute Gasteiger partial charge is 0.486 e. The molecule has 1 rings (SSSR count). The number of hydrogen-bond donors (Lipinski definition) is 1. The molecule has 0 amide bonds. The monoisotopic (exact) mass is 375 g/mol. The summed E-state index contributed by atoms with van der Waals surface area (Å²) in [6.07, 6.45) is 4.11. The lowest BCUT2D eigenvalue weighted by atomic mass is 9.82. The maximum absolute atomic E-state index is 11.1. The number of thiol groups is 1. The Hall–Kier alpha value is -0.750. The third-order valence-corrected chi connectivity index (χ3v) is 4.71. The molecule has 1 aromatic carbocycles. The standard InChI is InChI=1S/C15H22BrNO3S/c1-3-7-15(11-21,8-4-2)10-20-14-6-5-12(16)9-13(14)17(18)19/h5-6,9,21H,3-4,7-8,10-11H2,1-2H3. The summed E-state index contributed by atoms with van der Waals surface area (Å²) in [6, 6.07) is 4.87. The van der Waals surface area contributed by atoms with E-state index in [-0.39, 0.29) is 11.1 Å². The van der Waals surface area contributed by atoms with Gasteiger partial charge in [-0.1, -0.05) is 42.6 Å². The Bertz CT molecular complexity index is 476. The predicted molar refractivity (Wildman–Crippen MR) is 92.4 cm³/mol. The van der Waals surface area contributed by atoms with Crippen molar-refractivity contribution in [3.8, 4) is 5.75 Å². The van der Waals surface area contributed by atoms with Crippen LogP contribution in [0.25, 0.3) is 0 Å². The van der Waals surface area contributed by atoms with Crippen molar-refractivity contribution in [3.05, 3.63) is 32.8 Å². The van der Waals surface area contributed by atoms with Crippen LogP contribution in [0.5, 0.6) is 5.75 Å².